The number of carbonyl (C=O) groups is 2. The Morgan fingerprint density at radius 1 is 0.933 bits per heavy atom. The Bertz CT molecular complexity index is 1150. The van der Waals surface area contributed by atoms with E-state index < -0.39 is 17.6 Å². The highest BCUT2D eigenvalue weighted by Crippen LogP contribution is 2.32. The molecule has 6 heteroatoms. The van der Waals surface area contributed by atoms with Gasteiger partial charge in [0.15, 0.2) is 0 Å². The molecule has 30 heavy (non-hydrogen) atoms. The first kappa shape index (κ1) is 19.5. The number of halogens is 1. The lowest BCUT2D eigenvalue weighted by Gasteiger charge is -2.15. The molecule has 2 aromatic carbocycles. The zero-order valence-corrected chi connectivity index (χ0v) is 16.6. The Labute approximate surface area is 173 Å². The van der Waals surface area contributed by atoms with Gasteiger partial charge in [0.05, 0.1) is 17.8 Å². The van der Waals surface area contributed by atoms with Crippen molar-refractivity contribution in [3.05, 3.63) is 101 Å². The van der Waals surface area contributed by atoms with Crippen LogP contribution in [-0.4, -0.2) is 21.7 Å². The monoisotopic (exact) mass is 401 g/mol. The topological polar surface area (TPSA) is 62.3 Å². The second-order valence-electron chi connectivity index (χ2n) is 7.15. The van der Waals surface area contributed by atoms with E-state index in [0.29, 0.717) is 11.3 Å². The maximum Gasteiger partial charge on any atom is 0.278 e. The number of aromatic nitrogens is 1. The third kappa shape index (κ3) is 3.59. The summed E-state index contributed by atoms with van der Waals surface area (Å²) in [4.78, 5) is 31.9. The van der Waals surface area contributed by atoms with Crippen molar-refractivity contribution in [2.75, 3.05) is 5.32 Å². The molecule has 1 aliphatic heterocycles. The van der Waals surface area contributed by atoms with Crippen molar-refractivity contribution in [3.8, 4) is 0 Å². The lowest BCUT2D eigenvalue weighted by molar-refractivity contribution is -0.137. The summed E-state index contributed by atoms with van der Waals surface area (Å²) in [5.41, 5.74) is 4.26. The van der Waals surface area contributed by atoms with Gasteiger partial charge in [0.2, 0.25) is 0 Å². The summed E-state index contributed by atoms with van der Waals surface area (Å²) in [6.07, 6.45) is 1.62. The molecule has 3 aromatic rings. The van der Waals surface area contributed by atoms with Gasteiger partial charge in [0.1, 0.15) is 11.5 Å². The van der Waals surface area contributed by atoms with E-state index in [2.05, 4.69) is 10.3 Å². The van der Waals surface area contributed by atoms with Crippen molar-refractivity contribution in [1.29, 1.82) is 0 Å². The van der Waals surface area contributed by atoms with Crippen LogP contribution in [0.4, 0.5) is 10.1 Å². The average Bonchev–Trinajstić information content (AvgIpc) is 2.97. The Morgan fingerprint density at radius 3 is 2.40 bits per heavy atom. The van der Waals surface area contributed by atoms with E-state index >= 15 is 0 Å². The van der Waals surface area contributed by atoms with Gasteiger partial charge in [-0.1, -0.05) is 30.3 Å². The van der Waals surface area contributed by atoms with Crippen molar-refractivity contribution in [1.82, 2.24) is 9.88 Å². The smallest absolute Gasteiger partial charge is 0.278 e. The van der Waals surface area contributed by atoms with E-state index in [9.17, 15) is 14.0 Å². The van der Waals surface area contributed by atoms with Gasteiger partial charge in [-0.25, -0.2) is 4.39 Å². The molecule has 5 nitrogen and oxygen atoms in total. The molecule has 1 aliphatic rings. The fourth-order valence-corrected chi connectivity index (χ4v) is 3.39. The van der Waals surface area contributed by atoms with Crippen LogP contribution in [-0.2, 0) is 16.1 Å². The molecular formula is C24H20FN3O2. The number of aryl methyl sites for hydroxylation is 1. The number of carbonyl (C=O) groups excluding carboxylic acids is 2. The fourth-order valence-electron chi connectivity index (χ4n) is 3.39. The minimum Gasteiger partial charge on any atom is -0.350 e. The minimum atomic E-state index is -0.440. The zero-order chi connectivity index (χ0) is 21.3. The Balaban J connectivity index is 1.77. The molecule has 0 fully saturated rings. The first-order valence-electron chi connectivity index (χ1n) is 9.55. The van der Waals surface area contributed by atoms with Crippen LogP contribution < -0.4 is 5.32 Å². The summed E-state index contributed by atoms with van der Waals surface area (Å²) in [5.74, 6) is -1.29. The predicted molar refractivity (Wildman–Crippen MR) is 113 cm³/mol. The van der Waals surface area contributed by atoms with Gasteiger partial charge >= 0.3 is 0 Å². The summed E-state index contributed by atoms with van der Waals surface area (Å²) < 4.78 is 13.5. The number of amides is 2. The number of nitrogens with one attached hydrogen (secondary N) is 1. The maximum atomic E-state index is 13.5. The number of rotatable bonds is 5. The average molecular weight is 401 g/mol. The highest BCUT2D eigenvalue weighted by molar-refractivity contribution is 6.36. The van der Waals surface area contributed by atoms with E-state index in [4.69, 9.17) is 0 Å². The zero-order valence-electron chi connectivity index (χ0n) is 16.6. The third-order valence-electron chi connectivity index (χ3n) is 5.21. The second-order valence-corrected chi connectivity index (χ2v) is 7.15. The van der Waals surface area contributed by atoms with Gasteiger partial charge < -0.3 is 5.32 Å². The SMILES string of the molecule is Cc1cccc(NC2=C(c3ccc(F)cc3)C(=O)N(Cc3ccccn3)C2=O)c1C. The number of hydrogen-bond donors (Lipinski definition) is 1. The van der Waals surface area contributed by atoms with E-state index in [1.165, 1.54) is 24.3 Å². The molecule has 0 unspecified atom stereocenters. The molecule has 0 spiro atoms. The number of hydrogen-bond acceptors (Lipinski definition) is 4. The van der Waals surface area contributed by atoms with Gasteiger partial charge in [-0.05, 0) is 60.9 Å². The van der Waals surface area contributed by atoms with Gasteiger partial charge in [-0.3, -0.25) is 19.5 Å². The minimum absolute atomic E-state index is 0.0567. The van der Waals surface area contributed by atoms with Crippen LogP contribution in [0, 0.1) is 19.7 Å². The number of benzene rings is 2. The van der Waals surface area contributed by atoms with Gasteiger partial charge in [0, 0.05) is 11.9 Å². The van der Waals surface area contributed by atoms with Gasteiger partial charge in [0.25, 0.3) is 11.8 Å². The van der Waals surface area contributed by atoms with Crippen LogP contribution in [0.15, 0.2) is 72.6 Å². The highest BCUT2D eigenvalue weighted by atomic mass is 19.1. The molecule has 1 N–H and O–H groups in total. The Hall–Kier alpha value is -3.80. The summed E-state index contributed by atoms with van der Waals surface area (Å²) in [7, 11) is 0. The first-order valence-corrected chi connectivity index (χ1v) is 9.55. The standard InChI is InChI=1S/C24H20FN3O2/c1-15-6-5-8-20(16(15)2)27-22-21(17-9-11-18(25)12-10-17)23(29)28(24(22)30)14-19-7-3-4-13-26-19/h3-13,27H,14H2,1-2H3. The van der Waals surface area contributed by atoms with Crippen LogP contribution in [0.2, 0.25) is 0 Å². The summed E-state index contributed by atoms with van der Waals surface area (Å²) in [6.45, 7) is 3.98. The summed E-state index contributed by atoms with van der Waals surface area (Å²) in [5, 5.41) is 3.16. The normalized spacial score (nSPS) is 13.9. The first-order chi connectivity index (χ1) is 14.5. The van der Waals surface area contributed by atoms with Gasteiger partial charge in [-0.2, -0.15) is 0 Å². The summed E-state index contributed by atoms with van der Waals surface area (Å²) in [6, 6.07) is 16.6. The van der Waals surface area contributed by atoms with Gasteiger partial charge in [-0.15, -0.1) is 0 Å². The lowest BCUT2D eigenvalue weighted by atomic mass is 10.0. The van der Waals surface area contributed by atoms with E-state index in [1.807, 2.05) is 32.0 Å². The van der Waals surface area contributed by atoms with E-state index in [0.717, 1.165) is 21.7 Å². The molecule has 0 atom stereocenters. The van der Waals surface area contributed by atoms with Crippen molar-refractivity contribution >= 4 is 23.1 Å². The van der Waals surface area contributed by atoms with Crippen molar-refractivity contribution in [2.45, 2.75) is 20.4 Å². The third-order valence-corrected chi connectivity index (χ3v) is 5.21. The Kier molecular flexibility index (Phi) is 5.14. The molecule has 150 valence electrons. The van der Waals surface area contributed by atoms with Crippen molar-refractivity contribution in [3.63, 3.8) is 0 Å². The van der Waals surface area contributed by atoms with Crippen LogP contribution in [0.3, 0.4) is 0 Å². The van der Waals surface area contributed by atoms with Crippen LogP contribution in [0.5, 0.6) is 0 Å². The van der Waals surface area contributed by atoms with Crippen molar-refractivity contribution in [2.24, 2.45) is 0 Å². The molecule has 2 heterocycles. The molecule has 0 saturated carbocycles. The molecule has 2 amide bonds. The molecular weight excluding hydrogens is 381 g/mol. The highest BCUT2D eigenvalue weighted by Gasteiger charge is 2.39. The summed E-state index contributed by atoms with van der Waals surface area (Å²) >= 11 is 0. The van der Waals surface area contributed by atoms with Crippen LogP contribution in [0.1, 0.15) is 22.4 Å². The largest absolute Gasteiger partial charge is 0.350 e. The van der Waals surface area contributed by atoms with Crippen LogP contribution >= 0.6 is 0 Å². The number of nitrogens with zero attached hydrogens (tertiary/aromatic N) is 2. The van der Waals surface area contributed by atoms with Crippen molar-refractivity contribution < 1.29 is 14.0 Å². The Morgan fingerprint density at radius 2 is 1.70 bits per heavy atom. The molecule has 0 radical (unpaired) electrons. The number of pyridine rings is 1. The molecule has 4 rings (SSSR count). The second kappa shape index (κ2) is 7.91. The molecule has 1 aromatic heterocycles. The quantitative estimate of drug-likeness (QED) is 0.650. The molecule has 0 saturated heterocycles. The lowest BCUT2D eigenvalue weighted by Crippen LogP contribution is -2.32. The number of imide groups is 1. The van der Waals surface area contributed by atoms with E-state index in [1.54, 1.807) is 24.4 Å². The molecule has 0 bridgehead atoms. The fraction of sp³-hybridized carbons (Fsp3) is 0.125. The van der Waals surface area contributed by atoms with E-state index in [-0.39, 0.29) is 17.8 Å². The maximum absolute atomic E-state index is 13.5. The molecule has 0 aliphatic carbocycles. The number of anilines is 1. The predicted octanol–water partition coefficient (Wildman–Crippen LogP) is 4.23. The van der Waals surface area contributed by atoms with Crippen LogP contribution in [0.25, 0.3) is 5.57 Å².